The van der Waals surface area contributed by atoms with E-state index >= 15 is 0 Å². The van der Waals surface area contributed by atoms with Gasteiger partial charge in [-0.15, -0.1) is 11.3 Å². The van der Waals surface area contributed by atoms with Crippen molar-refractivity contribution >= 4 is 23.2 Å². The molecule has 1 aliphatic rings. The number of alkyl halides is 5. The Hall–Kier alpha value is -3.54. The molecule has 4 rings (SSSR count). The standard InChI is InChI=1S/C25H22F5N3O3S/c26-24(27)36-20-8-4-1-5-16(20)13-31-21(34)19-14-37-22(32-19)15-9-11-33(12-10-15)23(35)17-6-2-3-7-18(17)25(28,29)30/h1-8,14-15,24H,9-13H2,(H,31,34). The van der Waals surface area contributed by atoms with Gasteiger partial charge < -0.3 is 15.0 Å². The fraction of sp³-hybridized carbons (Fsp3) is 0.320. The van der Waals surface area contributed by atoms with E-state index in [0.29, 0.717) is 23.4 Å². The van der Waals surface area contributed by atoms with E-state index in [4.69, 9.17) is 0 Å². The van der Waals surface area contributed by atoms with Crippen LogP contribution < -0.4 is 10.1 Å². The predicted octanol–water partition coefficient (Wildman–Crippen LogP) is 5.71. The van der Waals surface area contributed by atoms with E-state index in [1.54, 1.807) is 23.6 Å². The topological polar surface area (TPSA) is 71.5 Å². The highest BCUT2D eigenvalue weighted by molar-refractivity contribution is 7.09. The van der Waals surface area contributed by atoms with Crippen molar-refractivity contribution in [3.05, 3.63) is 81.3 Å². The van der Waals surface area contributed by atoms with Crippen molar-refractivity contribution in [1.29, 1.82) is 0 Å². The highest BCUT2D eigenvalue weighted by Gasteiger charge is 2.36. The van der Waals surface area contributed by atoms with Crippen LogP contribution in [0.4, 0.5) is 22.0 Å². The molecule has 3 aromatic rings. The number of halogens is 5. The first kappa shape index (κ1) is 26.5. The number of amides is 2. The maximum atomic E-state index is 13.3. The molecule has 1 aliphatic heterocycles. The fourth-order valence-corrected chi connectivity index (χ4v) is 5.09. The first-order valence-electron chi connectivity index (χ1n) is 11.4. The van der Waals surface area contributed by atoms with E-state index in [1.165, 1.54) is 40.5 Å². The number of hydrogen-bond donors (Lipinski definition) is 1. The molecule has 196 valence electrons. The van der Waals surface area contributed by atoms with Gasteiger partial charge in [-0.25, -0.2) is 4.98 Å². The molecule has 0 saturated carbocycles. The highest BCUT2D eigenvalue weighted by Crippen LogP contribution is 2.34. The minimum atomic E-state index is -4.62. The lowest BCUT2D eigenvalue weighted by Gasteiger charge is -2.31. The number of benzene rings is 2. The summed E-state index contributed by atoms with van der Waals surface area (Å²) >= 11 is 1.28. The van der Waals surface area contributed by atoms with Crippen molar-refractivity contribution in [2.24, 2.45) is 0 Å². The van der Waals surface area contributed by atoms with Crippen LogP contribution >= 0.6 is 11.3 Å². The molecule has 0 atom stereocenters. The van der Waals surface area contributed by atoms with Crippen LogP contribution in [-0.2, 0) is 12.7 Å². The average Bonchev–Trinajstić information content (AvgIpc) is 3.37. The summed E-state index contributed by atoms with van der Waals surface area (Å²) in [6.45, 7) is -2.50. The van der Waals surface area contributed by atoms with Gasteiger partial charge in [0, 0.05) is 36.5 Å². The normalized spacial score (nSPS) is 14.6. The van der Waals surface area contributed by atoms with Gasteiger partial charge in [-0.1, -0.05) is 30.3 Å². The highest BCUT2D eigenvalue weighted by atomic mass is 32.1. The second-order valence-corrected chi connectivity index (χ2v) is 9.24. The molecule has 2 amide bonds. The molecule has 1 fully saturated rings. The number of piperidine rings is 1. The minimum absolute atomic E-state index is 0.0315. The first-order chi connectivity index (χ1) is 17.6. The van der Waals surface area contributed by atoms with Gasteiger partial charge in [0.05, 0.1) is 16.1 Å². The molecule has 0 spiro atoms. The number of carbonyl (C=O) groups excluding carboxylic acids is 2. The lowest BCUT2D eigenvalue weighted by Crippen LogP contribution is -2.38. The zero-order valence-electron chi connectivity index (χ0n) is 19.3. The number of rotatable bonds is 7. The van der Waals surface area contributed by atoms with E-state index in [-0.39, 0.29) is 42.6 Å². The SMILES string of the molecule is O=C(NCc1ccccc1OC(F)F)c1csc(C2CCN(C(=O)c3ccccc3C(F)(F)F)CC2)n1. The molecule has 6 nitrogen and oxygen atoms in total. The van der Waals surface area contributed by atoms with Crippen LogP contribution in [0.1, 0.15) is 55.7 Å². The number of carbonyl (C=O) groups is 2. The third kappa shape index (κ3) is 6.43. The molecule has 2 aromatic carbocycles. The van der Waals surface area contributed by atoms with Gasteiger partial charge in [0.1, 0.15) is 11.4 Å². The van der Waals surface area contributed by atoms with Gasteiger partial charge in [-0.05, 0) is 31.0 Å². The van der Waals surface area contributed by atoms with Crippen LogP contribution in [0.2, 0.25) is 0 Å². The Labute approximate surface area is 213 Å². The number of nitrogens with zero attached hydrogens (tertiary/aromatic N) is 2. The summed E-state index contributed by atoms with van der Waals surface area (Å²) in [6.07, 6.45) is -3.64. The lowest BCUT2D eigenvalue weighted by molar-refractivity contribution is -0.138. The van der Waals surface area contributed by atoms with Crippen molar-refractivity contribution in [2.75, 3.05) is 13.1 Å². The Morgan fingerprint density at radius 1 is 1.08 bits per heavy atom. The summed E-state index contributed by atoms with van der Waals surface area (Å²) in [5, 5.41) is 4.91. The van der Waals surface area contributed by atoms with Crippen LogP contribution in [0.25, 0.3) is 0 Å². The number of para-hydroxylation sites is 1. The van der Waals surface area contributed by atoms with Crippen molar-refractivity contribution in [2.45, 2.75) is 38.1 Å². The van der Waals surface area contributed by atoms with E-state index in [2.05, 4.69) is 15.0 Å². The Bertz CT molecular complexity index is 1260. The van der Waals surface area contributed by atoms with Gasteiger partial charge in [0.15, 0.2) is 0 Å². The smallest absolute Gasteiger partial charge is 0.417 e. The van der Waals surface area contributed by atoms with Gasteiger partial charge >= 0.3 is 12.8 Å². The van der Waals surface area contributed by atoms with E-state index in [1.807, 2.05) is 0 Å². The van der Waals surface area contributed by atoms with Gasteiger partial charge in [-0.2, -0.15) is 22.0 Å². The maximum absolute atomic E-state index is 13.3. The molecule has 0 aliphatic carbocycles. The summed E-state index contributed by atoms with van der Waals surface area (Å²) in [6, 6.07) is 10.9. The number of hydrogen-bond acceptors (Lipinski definition) is 5. The molecule has 37 heavy (non-hydrogen) atoms. The number of aromatic nitrogens is 1. The van der Waals surface area contributed by atoms with Crippen molar-refractivity contribution in [3.8, 4) is 5.75 Å². The molecule has 0 unspecified atom stereocenters. The Morgan fingerprint density at radius 2 is 1.76 bits per heavy atom. The Kier molecular flexibility index (Phi) is 8.06. The summed E-state index contributed by atoms with van der Waals surface area (Å²) in [5.74, 6) is -1.23. The molecule has 1 saturated heterocycles. The quantitative estimate of drug-likeness (QED) is 0.391. The zero-order chi connectivity index (χ0) is 26.6. The minimum Gasteiger partial charge on any atom is -0.434 e. The average molecular weight is 540 g/mol. The molecule has 0 radical (unpaired) electrons. The number of nitrogens with one attached hydrogen (secondary N) is 1. The fourth-order valence-electron chi connectivity index (χ4n) is 4.12. The molecule has 1 N–H and O–H groups in total. The summed E-state index contributed by atoms with van der Waals surface area (Å²) in [4.78, 5) is 31.1. The van der Waals surface area contributed by atoms with Crippen molar-refractivity contribution < 1.29 is 36.3 Å². The van der Waals surface area contributed by atoms with Crippen LogP contribution in [0, 0.1) is 0 Å². The lowest BCUT2D eigenvalue weighted by atomic mass is 9.96. The van der Waals surface area contributed by atoms with Gasteiger partial charge in [0.25, 0.3) is 11.8 Å². The number of thiazole rings is 1. The summed E-state index contributed by atoms with van der Waals surface area (Å²) < 4.78 is 69.5. The van der Waals surface area contributed by atoms with Crippen molar-refractivity contribution in [1.82, 2.24) is 15.2 Å². The Balaban J connectivity index is 1.34. The van der Waals surface area contributed by atoms with Gasteiger partial charge in [-0.3, -0.25) is 9.59 Å². The largest absolute Gasteiger partial charge is 0.434 e. The predicted molar refractivity (Wildman–Crippen MR) is 126 cm³/mol. The van der Waals surface area contributed by atoms with Crippen LogP contribution in [0.15, 0.2) is 53.9 Å². The molecule has 12 heteroatoms. The number of ether oxygens (including phenoxy) is 1. The molecule has 0 bridgehead atoms. The molecule has 2 heterocycles. The first-order valence-corrected chi connectivity index (χ1v) is 12.2. The van der Waals surface area contributed by atoms with Gasteiger partial charge in [0.2, 0.25) is 0 Å². The van der Waals surface area contributed by atoms with E-state index in [9.17, 15) is 31.5 Å². The third-order valence-electron chi connectivity index (χ3n) is 5.98. The van der Waals surface area contributed by atoms with E-state index in [0.717, 1.165) is 6.07 Å². The monoisotopic (exact) mass is 539 g/mol. The number of likely N-dealkylation sites (tertiary alicyclic amines) is 1. The Morgan fingerprint density at radius 3 is 2.46 bits per heavy atom. The maximum Gasteiger partial charge on any atom is 0.417 e. The molecular formula is C25H22F5N3O3S. The second-order valence-electron chi connectivity index (χ2n) is 8.35. The molecule has 1 aromatic heterocycles. The second kappa shape index (κ2) is 11.2. The summed E-state index contributed by atoms with van der Waals surface area (Å²) in [5.41, 5.74) is -0.774. The van der Waals surface area contributed by atoms with Crippen LogP contribution in [0.3, 0.4) is 0 Å². The van der Waals surface area contributed by atoms with Crippen LogP contribution in [0.5, 0.6) is 5.75 Å². The van der Waals surface area contributed by atoms with Crippen molar-refractivity contribution in [3.63, 3.8) is 0 Å². The zero-order valence-corrected chi connectivity index (χ0v) is 20.1. The van der Waals surface area contributed by atoms with Crippen LogP contribution in [-0.4, -0.2) is 41.4 Å². The summed E-state index contributed by atoms with van der Waals surface area (Å²) in [7, 11) is 0. The third-order valence-corrected chi connectivity index (χ3v) is 6.98. The van der Waals surface area contributed by atoms with E-state index < -0.39 is 30.2 Å². The molecular weight excluding hydrogens is 517 g/mol.